The number of pyridine rings is 2. The SMILES string of the molecule is N#Cc1ccc(NC(=O)COC(=O)c2cc(-c3ccccn3)nc3ccccc23)cc1. The average molecular weight is 408 g/mol. The number of carbonyl (C=O) groups is 2. The minimum absolute atomic E-state index is 0.303. The van der Waals surface area contributed by atoms with Crippen molar-refractivity contribution in [3.8, 4) is 17.5 Å². The van der Waals surface area contributed by atoms with Crippen molar-refractivity contribution in [3.05, 3.63) is 90.1 Å². The number of carbonyl (C=O) groups excluding carboxylic acids is 2. The molecule has 1 N–H and O–H groups in total. The smallest absolute Gasteiger partial charge is 0.339 e. The highest BCUT2D eigenvalue weighted by atomic mass is 16.5. The molecule has 4 rings (SSSR count). The van der Waals surface area contributed by atoms with E-state index in [2.05, 4.69) is 15.3 Å². The van der Waals surface area contributed by atoms with Crippen molar-refractivity contribution in [2.75, 3.05) is 11.9 Å². The van der Waals surface area contributed by atoms with E-state index in [9.17, 15) is 9.59 Å². The van der Waals surface area contributed by atoms with E-state index >= 15 is 0 Å². The van der Waals surface area contributed by atoms with Gasteiger partial charge >= 0.3 is 5.97 Å². The van der Waals surface area contributed by atoms with Gasteiger partial charge in [0, 0.05) is 17.3 Å². The van der Waals surface area contributed by atoms with Gasteiger partial charge in [-0.25, -0.2) is 9.78 Å². The fourth-order valence-electron chi connectivity index (χ4n) is 3.02. The van der Waals surface area contributed by atoms with Gasteiger partial charge < -0.3 is 10.1 Å². The number of para-hydroxylation sites is 1. The monoisotopic (exact) mass is 408 g/mol. The van der Waals surface area contributed by atoms with Crippen LogP contribution in [0.1, 0.15) is 15.9 Å². The number of esters is 1. The molecule has 0 fully saturated rings. The first kappa shape index (κ1) is 19.7. The van der Waals surface area contributed by atoms with E-state index in [0.717, 1.165) is 0 Å². The van der Waals surface area contributed by atoms with Gasteiger partial charge in [0.2, 0.25) is 0 Å². The standard InChI is InChI=1S/C24H16N4O3/c25-14-16-8-10-17(11-9-16)27-23(29)15-31-24(30)19-13-22(21-7-3-4-12-26-21)28-20-6-2-1-5-18(19)20/h1-13H,15H2,(H,27,29). The molecule has 0 atom stereocenters. The molecule has 2 aromatic heterocycles. The van der Waals surface area contributed by atoms with Gasteiger partial charge in [-0.2, -0.15) is 5.26 Å². The summed E-state index contributed by atoms with van der Waals surface area (Å²) in [5.41, 5.74) is 3.08. The Labute approximate surface area is 178 Å². The maximum absolute atomic E-state index is 12.8. The minimum Gasteiger partial charge on any atom is -0.452 e. The molecule has 2 aromatic carbocycles. The number of amides is 1. The van der Waals surface area contributed by atoms with Crippen LogP contribution in [0, 0.1) is 11.3 Å². The van der Waals surface area contributed by atoms with Crippen molar-refractivity contribution in [1.82, 2.24) is 9.97 Å². The van der Waals surface area contributed by atoms with E-state index in [4.69, 9.17) is 10.00 Å². The first-order chi connectivity index (χ1) is 15.1. The summed E-state index contributed by atoms with van der Waals surface area (Å²) in [4.78, 5) is 33.8. The van der Waals surface area contributed by atoms with Crippen LogP contribution in [0.15, 0.2) is 79.0 Å². The number of hydrogen-bond donors (Lipinski definition) is 1. The Hall–Kier alpha value is -4.57. The number of fused-ring (bicyclic) bond motifs is 1. The highest BCUT2D eigenvalue weighted by molar-refractivity contribution is 6.05. The Morgan fingerprint density at radius 3 is 2.48 bits per heavy atom. The van der Waals surface area contributed by atoms with Crippen LogP contribution in [0.4, 0.5) is 5.69 Å². The molecule has 0 unspecified atom stereocenters. The lowest BCUT2D eigenvalue weighted by molar-refractivity contribution is -0.119. The molecular weight excluding hydrogens is 392 g/mol. The Balaban J connectivity index is 1.53. The zero-order valence-electron chi connectivity index (χ0n) is 16.3. The highest BCUT2D eigenvalue weighted by Crippen LogP contribution is 2.24. The molecule has 0 aliphatic heterocycles. The molecule has 1 amide bonds. The lowest BCUT2D eigenvalue weighted by Crippen LogP contribution is -2.21. The predicted octanol–water partition coefficient (Wildman–Crippen LogP) is 3.96. The lowest BCUT2D eigenvalue weighted by Gasteiger charge is -2.10. The zero-order valence-corrected chi connectivity index (χ0v) is 16.3. The van der Waals surface area contributed by atoms with Gasteiger partial charge in [0.15, 0.2) is 6.61 Å². The highest BCUT2D eigenvalue weighted by Gasteiger charge is 2.17. The summed E-state index contributed by atoms with van der Waals surface area (Å²) in [6.45, 7) is -0.450. The zero-order chi connectivity index (χ0) is 21.6. The minimum atomic E-state index is -0.634. The number of aromatic nitrogens is 2. The van der Waals surface area contributed by atoms with Gasteiger partial charge in [0.1, 0.15) is 0 Å². The maximum Gasteiger partial charge on any atom is 0.339 e. The second-order valence-electron chi connectivity index (χ2n) is 6.60. The molecule has 31 heavy (non-hydrogen) atoms. The molecule has 0 spiro atoms. The number of nitriles is 1. The van der Waals surface area contributed by atoms with Gasteiger partial charge in [0.05, 0.1) is 34.1 Å². The number of anilines is 1. The third-order valence-electron chi connectivity index (χ3n) is 4.50. The first-order valence-electron chi connectivity index (χ1n) is 9.42. The summed E-state index contributed by atoms with van der Waals surface area (Å²) in [7, 11) is 0. The van der Waals surface area contributed by atoms with Crippen molar-refractivity contribution >= 4 is 28.5 Å². The molecule has 7 heteroatoms. The van der Waals surface area contributed by atoms with Crippen LogP contribution < -0.4 is 5.32 Å². The van der Waals surface area contributed by atoms with E-state index in [0.29, 0.717) is 39.1 Å². The molecular formula is C24H16N4O3. The summed E-state index contributed by atoms with van der Waals surface area (Å²) in [6, 6.07) is 22.7. The summed E-state index contributed by atoms with van der Waals surface area (Å²) >= 11 is 0. The molecule has 0 bridgehead atoms. The number of rotatable bonds is 5. The number of hydrogen-bond acceptors (Lipinski definition) is 6. The maximum atomic E-state index is 12.8. The van der Waals surface area contributed by atoms with E-state index in [1.165, 1.54) is 0 Å². The normalized spacial score (nSPS) is 10.3. The lowest BCUT2D eigenvalue weighted by atomic mass is 10.1. The Kier molecular flexibility index (Phi) is 5.63. The van der Waals surface area contributed by atoms with Crippen LogP contribution in [0.25, 0.3) is 22.3 Å². The fraction of sp³-hybridized carbons (Fsp3) is 0.0417. The molecule has 150 valence electrons. The molecule has 0 saturated heterocycles. The quantitative estimate of drug-likeness (QED) is 0.501. The van der Waals surface area contributed by atoms with Gasteiger partial charge in [-0.1, -0.05) is 24.3 Å². The van der Waals surface area contributed by atoms with E-state index < -0.39 is 18.5 Å². The van der Waals surface area contributed by atoms with Crippen LogP contribution in [0.5, 0.6) is 0 Å². The van der Waals surface area contributed by atoms with Crippen LogP contribution in [0.2, 0.25) is 0 Å². The van der Waals surface area contributed by atoms with Crippen LogP contribution >= 0.6 is 0 Å². The van der Waals surface area contributed by atoms with E-state index in [1.54, 1.807) is 66.9 Å². The number of benzene rings is 2. The summed E-state index contributed by atoms with van der Waals surface area (Å²) in [5.74, 6) is -1.12. The first-order valence-corrected chi connectivity index (χ1v) is 9.42. The van der Waals surface area contributed by atoms with Gasteiger partial charge in [0.25, 0.3) is 5.91 Å². The number of nitrogens with one attached hydrogen (secondary N) is 1. The molecule has 0 saturated carbocycles. The van der Waals surface area contributed by atoms with Crippen LogP contribution in [-0.4, -0.2) is 28.5 Å². The average Bonchev–Trinajstić information content (AvgIpc) is 2.83. The third-order valence-corrected chi connectivity index (χ3v) is 4.50. The summed E-state index contributed by atoms with van der Waals surface area (Å²) in [5, 5.41) is 12.1. The third kappa shape index (κ3) is 4.54. The van der Waals surface area contributed by atoms with Gasteiger partial charge in [-0.05, 0) is 48.5 Å². The van der Waals surface area contributed by atoms with E-state index in [-0.39, 0.29) is 0 Å². The largest absolute Gasteiger partial charge is 0.452 e. The molecule has 2 heterocycles. The fourth-order valence-corrected chi connectivity index (χ4v) is 3.02. The number of nitrogens with zero attached hydrogens (tertiary/aromatic N) is 3. The Morgan fingerprint density at radius 1 is 0.968 bits per heavy atom. The summed E-state index contributed by atoms with van der Waals surface area (Å²) < 4.78 is 5.25. The van der Waals surface area contributed by atoms with Crippen LogP contribution in [0.3, 0.4) is 0 Å². The summed E-state index contributed by atoms with van der Waals surface area (Å²) in [6.07, 6.45) is 1.65. The van der Waals surface area contributed by atoms with E-state index in [1.807, 2.05) is 18.2 Å². The Bertz CT molecular complexity index is 1300. The number of ether oxygens (including phenoxy) is 1. The van der Waals surface area contributed by atoms with Crippen LogP contribution in [-0.2, 0) is 9.53 Å². The molecule has 0 aliphatic rings. The van der Waals surface area contributed by atoms with Gasteiger partial charge in [-0.3, -0.25) is 9.78 Å². The second-order valence-corrected chi connectivity index (χ2v) is 6.60. The van der Waals surface area contributed by atoms with Crippen molar-refractivity contribution in [2.45, 2.75) is 0 Å². The van der Waals surface area contributed by atoms with Crippen molar-refractivity contribution in [3.63, 3.8) is 0 Å². The van der Waals surface area contributed by atoms with Crippen molar-refractivity contribution in [2.24, 2.45) is 0 Å². The topological polar surface area (TPSA) is 105 Å². The molecule has 0 radical (unpaired) electrons. The molecule has 4 aromatic rings. The van der Waals surface area contributed by atoms with Crippen molar-refractivity contribution < 1.29 is 14.3 Å². The van der Waals surface area contributed by atoms with Gasteiger partial charge in [-0.15, -0.1) is 0 Å². The Morgan fingerprint density at radius 2 is 1.74 bits per heavy atom. The molecule has 0 aliphatic carbocycles. The molecule has 7 nitrogen and oxygen atoms in total. The van der Waals surface area contributed by atoms with Crippen molar-refractivity contribution in [1.29, 1.82) is 5.26 Å². The second kappa shape index (κ2) is 8.84. The predicted molar refractivity (Wildman–Crippen MR) is 115 cm³/mol.